The fourth-order valence-electron chi connectivity index (χ4n) is 2.05. The summed E-state index contributed by atoms with van der Waals surface area (Å²) < 4.78 is 0. The number of carboxylic acid groups (broad SMARTS) is 1. The van der Waals surface area contributed by atoms with Crippen LogP contribution in [0.25, 0.3) is 0 Å². The summed E-state index contributed by atoms with van der Waals surface area (Å²) >= 11 is 0. The van der Waals surface area contributed by atoms with E-state index in [2.05, 4.69) is 26.1 Å². The van der Waals surface area contributed by atoms with E-state index in [-0.39, 0.29) is 11.5 Å². The molecule has 0 radical (unpaired) electrons. The normalized spacial score (nSPS) is 29.2. The van der Waals surface area contributed by atoms with Gasteiger partial charge in [-0.15, -0.1) is 0 Å². The lowest BCUT2D eigenvalue weighted by Gasteiger charge is -2.25. The molecule has 0 aliphatic carbocycles. The first-order valence-corrected chi connectivity index (χ1v) is 4.86. The highest BCUT2D eigenvalue weighted by Crippen LogP contribution is 2.30. The van der Waals surface area contributed by atoms with Gasteiger partial charge < -0.3 is 10.4 Å². The van der Waals surface area contributed by atoms with Crippen LogP contribution in [0.4, 0.5) is 0 Å². The summed E-state index contributed by atoms with van der Waals surface area (Å²) in [6.07, 6.45) is 1.98. The minimum Gasteiger partial charge on any atom is -0.480 e. The standard InChI is InChI=1S/C10H19NO2/c1-10(2,3)6-7-4-5-11-8(7)9(12)13/h7-8,11H,4-6H2,1-3H3,(H,12,13)/t7-,8+/m0/s1. The van der Waals surface area contributed by atoms with Crippen molar-refractivity contribution in [3.05, 3.63) is 0 Å². The van der Waals surface area contributed by atoms with Crippen molar-refractivity contribution in [3.63, 3.8) is 0 Å². The summed E-state index contributed by atoms with van der Waals surface area (Å²) in [6, 6.07) is -0.320. The zero-order chi connectivity index (χ0) is 10.1. The molecule has 2 atom stereocenters. The third kappa shape index (κ3) is 2.99. The molecular weight excluding hydrogens is 166 g/mol. The summed E-state index contributed by atoms with van der Waals surface area (Å²) in [5, 5.41) is 11.9. The highest BCUT2D eigenvalue weighted by atomic mass is 16.4. The van der Waals surface area contributed by atoms with E-state index in [0.717, 1.165) is 19.4 Å². The van der Waals surface area contributed by atoms with Gasteiger partial charge in [-0.3, -0.25) is 4.79 Å². The van der Waals surface area contributed by atoms with E-state index >= 15 is 0 Å². The Balaban J connectivity index is 2.54. The Labute approximate surface area is 79.5 Å². The second-order valence-corrected chi connectivity index (χ2v) is 5.08. The van der Waals surface area contributed by atoms with Gasteiger partial charge in [0.25, 0.3) is 0 Å². The molecule has 0 saturated carbocycles. The molecule has 76 valence electrons. The van der Waals surface area contributed by atoms with Crippen molar-refractivity contribution in [2.45, 2.75) is 39.7 Å². The second kappa shape index (κ2) is 3.66. The largest absolute Gasteiger partial charge is 0.480 e. The summed E-state index contributed by atoms with van der Waals surface area (Å²) in [6.45, 7) is 7.32. The Morgan fingerprint density at radius 3 is 2.62 bits per heavy atom. The molecule has 1 saturated heterocycles. The van der Waals surface area contributed by atoms with Crippen LogP contribution in [0.1, 0.15) is 33.6 Å². The molecule has 1 aliphatic rings. The molecule has 1 fully saturated rings. The maximum absolute atomic E-state index is 10.8. The van der Waals surface area contributed by atoms with E-state index in [4.69, 9.17) is 5.11 Å². The van der Waals surface area contributed by atoms with Crippen molar-refractivity contribution in [3.8, 4) is 0 Å². The molecule has 0 amide bonds. The molecule has 0 spiro atoms. The van der Waals surface area contributed by atoms with Crippen molar-refractivity contribution in [2.24, 2.45) is 11.3 Å². The number of aliphatic carboxylic acids is 1. The van der Waals surface area contributed by atoms with Crippen LogP contribution in [0.2, 0.25) is 0 Å². The van der Waals surface area contributed by atoms with Crippen LogP contribution >= 0.6 is 0 Å². The lowest BCUT2D eigenvalue weighted by atomic mass is 9.81. The van der Waals surface area contributed by atoms with Gasteiger partial charge in [0, 0.05) is 0 Å². The average Bonchev–Trinajstić information content (AvgIpc) is 2.31. The summed E-state index contributed by atoms with van der Waals surface area (Å²) in [5.74, 6) is -0.399. The van der Waals surface area contributed by atoms with Crippen molar-refractivity contribution in [1.82, 2.24) is 5.32 Å². The Morgan fingerprint density at radius 1 is 1.54 bits per heavy atom. The molecule has 1 aliphatic heterocycles. The molecule has 13 heavy (non-hydrogen) atoms. The molecular formula is C10H19NO2. The van der Waals surface area contributed by atoms with Gasteiger partial charge in [-0.2, -0.15) is 0 Å². The molecule has 1 heterocycles. The van der Waals surface area contributed by atoms with Crippen LogP contribution < -0.4 is 5.32 Å². The molecule has 3 nitrogen and oxygen atoms in total. The van der Waals surface area contributed by atoms with Crippen LogP contribution in [0, 0.1) is 11.3 Å². The maximum atomic E-state index is 10.8. The number of carboxylic acids is 1. The number of carbonyl (C=O) groups is 1. The predicted molar refractivity (Wildman–Crippen MR) is 51.6 cm³/mol. The van der Waals surface area contributed by atoms with E-state index < -0.39 is 5.97 Å². The fraction of sp³-hybridized carbons (Fsp3) is 0.900. The molecule has 0 bridgehead atoms. The summed E-state index contributed by atoms with van der Waals surface area (Å²) in [5.41, 5.74) is 0.227. The molecule has 1 rings (SSSR count). The summed E-state index contributed by atoms with van der Waals surface area (Å²) in [4.78, 5) is 10.8. The van der Waals surface area contributed by atoms with Gasteiger partial charge in [0.05, 0.1) is 0 Å². The van der Waals surface area contributed by atoms with Crippen LogP contribution in [0.3, 0.4) is 0 Å². The number of hydrogen-bond donors (Lipinski definition) is 2. The zero-order valence-electron chi connectivity index (χ0n) is 8.63. The Kier molecular flexibility index (Phi) is 2.96. The molecule has 0 aromatic rings. The Bertz CT molecular complexity index is 196. The Morgan fingerprint density at radius 2 is 2.15 bits per heavy atom. The van der Waals surface area contributed by atoms with Crippen molar-refractivity contribution >= 4 is 5.97 Å². The monoisotopic (exact) mass is 185 g/mol. The predicted octanol–water partition coefficient (Wildman–Crippen LogP) is 1.49. The SMILES string of the molecule is CC(C)(C)C[C@@H]1CCN[C@H]1C(=O)O. The minimum absolute atomic E-state index is 0.227. The zero-order valence-corrected chi connectivity index (χ0v) is 8.63. The van der Waals surface area contributed by atoms with Crippen molar-refractivity contribution < 1.29 is 9.90 Å². The highest BCUT2D eigenvalue weighted by Gasteiger charge is 2.34. The molecule has 2 N–H and O–H groups in total. The van der Waals surface area contributed by atoms with Gasteiger partial charge in [-0.25, -0.2) is 0 Å². The highest BCUT2D eigenvalue weighted by molar-refractivity contribution is 5.74. The van der Waals surface area contributed by atoms with Crippen molar-refractivity contribution in [1.29, 1.82) is 0 Å². The van der Waals surface area contributed by atoms with Gasteiger partial charge in [0.15, 0.2) is 0 Å². The van der Waals surface area contributed by atoms with Crippen LogP contribution in [-0.2, 0) is 4.79 Å². The average molecular weight is 185 g/mol. The van der Waals surface area contributed by atoms with E-state index in [9.17, 15) is 4.79 Å². The van der Waals surface area contributed by atoms with E-state index in [1.54, 1.807) is 0 Å². The van der Waals surface area contributed by atoms with Crippen LogP contribution in [0.5, 0.6) is 0 Å². The molecule has 3 heteroatoms. The van der Waals surface area contributed by atoms with Crippen LogP contribution in [0.15, 0.2) is 0 Å². The van der Waals surface area contributed by atoms with Gasteiger partial charge in [-0.1, -0.05) is 20.8 Å². The fourth-order valence-corrected chi connectivity index (χ4v) is 2.05. The number of rotatable bonds is 2. The van der Waals surface area contributed by atoms with Gasteiger partial charge in [0.2, 0.25) is 0 Å². The van der Waals surface area contributed by atoms with E-state index in [1.165, 1.54) is 0 Å². The third-order valence-electron chi connectivity index (χ3n) is 2.49. The second-order valence-electron chi connectivity index (χ2n) is 5.08. The number of hydrogen-bond acceptors (Lipinski definition) is 2. The first-order chi connectivity index (χ1) is 5.90. The van der Waals surface area contributed by atoms with Crippen LogP contribution in [-0.4, -0.2) is 23.7 Å². The minimum atomic E-state index is -0.702. The topological polar surface area (TPSA) is 49.3 Å². The first-order valence-electron chi connectivity index (χ1n) is 4.86. The van der Waals surface area contributed by atoms with Gasteiger partial charge >= 0.3 is 5.97 Å². The lowest BCUT2D eigenvalue weighted by molar-refractivity contribution is -0.140. The van der Waals surface area contributed by atoms with Gasteiger partial charge in [0.1, 0.15) is 6.04 Å². The summed E-state index contributed by atoms with van der Waals surface area (Å²) in [7, 11) is 0. The maximum Gasteiger partial charge on any atom is 0.320 e. The van der Waals surface area contributed by atoms with Crippen molar-refractivity contribution in [2.75, 3.05) is 6.54 Å². The molecule has 0 aromatic carbocycles. The molecule has 0 aromatic heterocycles. The quantitative estimate of drug-likeness (QED) is 0.685. The Hall–Kier alpha value is -0.570. The smallest absolute Gasteiger partial charge is 0.320 e. The van der Waals surface area contributed by atoms with E-state index in [0.29, 0.717) is 5.92 Å². The van der Waals surface area contributed by atoms with Gasteiger partial charge in [-0.05, 0) is 30.7 Å². The number of nitrogens with one attached hydrogen (secondary N) is 1. The third-order valence-corrected chi connectivity index (χ3v) is 2.49. The van der Waals surface area contributed by atoms with E-state index in [1.807, 2.05) is 0 Å². The molecule has 0 unspecified atom stereocenters. The lowest BCUT2D eigenvalue weighted by Crippen LogP contribution is -2.36. The first kappa shape index (κ1) is 10.5.